The Kier molecular flexibility index (Phi) is 12.0. The second kappa shape index (κ2) is 18.6. The fourth-order valence-corrected chi connectivity index (χ4v) is 8.91. The van der Waals surface area contributed by atoms with Crippen LogP contribution in [0.5, 0.6) is 29.1 Å². The third-order valence-corrected chi connectivity index (χ3v) is 12.2. The Morgan fingerprint density at radius 1 is 0.672 bits per heavy atom. The van der Waals surface area contributed by atoms with Gasteiger partial charge in [-0.2, -0.15) is 18.7 Å². The van der Waals surface area contributed by atoms with Gasteiger partial charge in [0, 0.05) is 53.2 Å². The van der Waals surface area contributed by atoms with Crippen molar-refractivity contribution in [1.29, 1.82) is 0 Å². The minimum atomic E-state index is 0. The summed E-state index contributed by atoms with van der Waals surface area (Å²) in [5.41, 5.74) is 6.78. The van der Waals surface area contributed by atoms with E-state index in [4.69, 9.17) is 53.1 Å². The summed E-state index contributed by atoms with van der Waals surface area (Å²) in [6, 6.07) is 17.5. The molecule has 0 unspecified atom stereocenters. The molecule has 64 heavy (non-hydrogen) atoms. The number of hydrogen-bond donors (Lipinski definition) is 2. The Balaban J connectivity index is 0.000000175. The number of nitrogens with one attached hydrogen (secondary N) is 2. The summed E-state index contributed by atoms with van der Waals surface area (Å²) in [5, 5.41) is 8.28. The molecule has 18 nitrogen and oxygen atoms in total. The quantitative estimate of drug-likeness (QED) is 0.125. The van der Waals surface area contributed by atoms with Gasteiger partial charge in [-0.3, -0.25) is 0 Å². The zero-order chi connectivity index (χ0) is 43.4. The van der Waals surface area contributed by atoms with E-state index in [1.54, 1.807) is 13.3 Å². The van der Waals surface area contributed by atoms with E-state index in [1.807, 2.05) is 90.0 Å². The molecule has 3 aliphatic rings. The van der Waals surface area contributed by atoms with Crippen LogP contribution >= 0.6 is 23.1 Å². The van der Waals surface area contributed by atoms with Crippen molar-refractivity contribution >= 4 is 67.0 Å². The largest absolute Gasteiger partial charge is 0.486 e. The molecule has 8 aromatic rings. The van der Waals surface area contributed by atoms with Crippen LogP contribution in [-0.2, 0) is 9.47 Å². The first-order valence-corrected chi connectivity index (χ1v) is 22.6. The standard InChI is InChI=1S/C23H23N5O4S.C21H22N6O3S.2H2/c1-14-13-19(33-27-14)25-23-24-16-5-8-28(17-3-2-4-18-21(17)31-12-11-30-18)20(16)22(26-23)32-15-6-9-29-10-7-15;1-13-11-18(31-26-13)24-21-23-16-4-8-27(14-3-7-22-17(12-14)28-2)19(16)20(25-21)30-15-5-9-29-10-6-15;;/h2-5,8,13,15H,6-7,9-12H2,1H3,(H,24,25,26);3-4,7-8,11-12,15H,5-6,9-10H2,1-2H3,(H,23,24,25);2*1H. The molecule has 2 N–H and O–H groups in total. The number of pyridine rings is 1. The first-order valence-electron chi connectivity index (χ1n) is 21.0. The highest BCUT2D eigenvalue weighted by Crippen LogP contribution is 2.40. The molecule has 20 heteroatoms. The van der Waals surface area contributed by atoms with Crippen molar-refractivity contribution in [3.63, 3.8) is 0 Å². The number of para-hydroxylation sites is 1. The first kappa shape index (κ1) is 41.4. The van der Waals surface area contributed by atoms with E-state index >= 15 is 0 Å². The number of aryl methyl sites for hydroxylation is 2. The summed E-state index contributed by atoms with van der Waals surface area (Å²) in [6.07, 6.45) is 8.99. The van der Waals surface area contributed by atoms with Gasteiger partial charge in [-0.25, -0.2) is 15.0 Å². The number of hydrogen-bond acceptors (Lipinski definition) is 18. The zero-order valence-corrected chi connectivity index (χ0v) is 37.0. The van der Waals surface area contributed by atoms with E-state index in [9.17, 15) is 0 Å². The van der Waals surface area contributed by atoms with Crippen LogP contribution in [-0.4, -0.2) is 102 Å². The lowest BCUT2D eigenvalue weighted by atomic mass is 10.1. The summed E-state index contributed by atoms with van der Waals surface area (Å²) in [7, 11) is 1.60. The van der Waals surface area contributed by atoms with E-state index in [2.05, 4.69) is 24.4 Å². The summed E-state index contributed by atoms with van der Waals surface area (Å²) in [6.45, 7) is 7.69. The highest BCUT2D eigenvalue weighted by atomic mass is 32.1. The predicted octanol–water partition coefficient (Wildman–Crippen LogP) is 8.64. The van der Waals surface area contributed by atoms with E-state index in [0.717, 1.165) is 86.3 Å². The number of nitrogens with zero attached hydrogens (tertiary/aromatic N) is 9. The first-order chi connectivity index (χ1) is 31.4. The number of fused-ring (bicyclic) bond motifs is 3. The maximum atomic E-state index is 6.44. The second-order valence-corrected chi connectivity index (χ2v) is 16.8. The van der Waals surface area contributed by atoms with Crippen LogP contribution in [0.2, 0.25) is 0 Å². The van der Waals surface area contributed by atoms with E-state index in [0.29, 0.717) is 74.9 Å². The highest BCUT2D eigenvalue weighted by molar-refractivity contribution is 7.10. The SMILES string of the molecule is COc1cc(-n2ccc3nc(Nc4cc(C)ns4)nc(OC4CCOCC4)c32)ccn1.Cc1cc(Nc2nc(OC3CCOCC3)c3c(ccn3-c3cccc4c3OCCO4)n2)sn1.[HH].[HH]. The maximum Gasteiger partial charge on any atom is 0.244 e. The van der Waals surface area contributed by atoms with Crippen molar-refractivity contribution in [2.75, 3.05) is 57.4 Å². The van der Waals surface area contributed by atoms with Gasteiger partial charge in [0.05, 0.1) is 67.3 Å². The molecule has 0 aliphatic carbocycles. The summed E-state index contributed by atoms with van der Waals surface area (Å²) < 4.78 is 53.5. The molecular formula is C44H49N11O7S2. The highest BCUT2D eigenvalue weighted by Gasteiger charge is 2.25. The molecule has 0 saturated carbocycles. The van der Waals surface area contributed by atoms with Crippen molar-refractivity contribution in [3.8, 4) is 40.5 Å². The number of ether oxygens (including phenoxy) is 7. The van der Waals surface area contributed by atoms with Gasteiger partial charge in [-0.1, -0.05) is 6.07 Å². The third-order valence-electron chi connectivity index (χ3n) is 10.6. The van der Waals surface area contributed by atoms with Gasteiger partial charge in [0.25, 0.3) is 0 Å². The second-order valence-electron chi connectivity index (χ2n) is 15.2. The van der Waals surface area contributed by atoms with Crippen LogP contribution in [0.4, 0.5) is 21.9 Å². The molecule has 1 aromatic carbocycles. The topological polar surface area (TPSA) is 189 Å². The summed E-state index contributed by atoms with van der Waals surface area (Å²) in [5.74, 6) is 3.97. The molecule has 0 amide bonds. The maximum absolute atomic E-state index is 6.44. The van der Waals surface area contributed by atoms with E-state index in [-0.39, 0.29) is 15.1 Å². The van der Waals surface area contributed by atoms with Crippen LogP contribution in [0.15, 0.2) is 73.2 Å². The van der Waals surface area contributed by atoms with Gasteiger partial charge in [-0.05, 0) is 79.4 Å². The number of rotatable bonds is 11. The summed E-state index contributed by atoms with van der Waals surface area (Å²) in [4.78, 5) is 23.2. The van der Waals surface area contributed by atoms with Gasteiger partial charge < -0.3 is 52.9 Å². The van der Waals surface area contributed by atoms with E-state index < -0.39 is 0 Å². The average molecular weight is 908 g/mol. The Hall–Kier alpha value is -6.61. The van der Waals surface area contributed by atoms with Gasteiger partial charge >= 0.3 is 0 Å². The molecular weight excluding hydrogens is 859 g/mol. The Morgan fingerprint density at radius 2 is 1.25 bits per heavy atom. The third kappa shape index (κ3) is 9.07. The van der Waals surface area contributed by atoms with Crippen LogP contribution < -0.4 is 34.3 Å². The number of anilines is 4. The molecule has 11 rings (SSSR count). The Labute approximate surface area is 378 Å². The van der Waals surface area contributed by atoms with E-state index in [1.165, 1.54) is 23.1 Å². The number of methoxy groups -OCH3 is 1. The van der Waals surface area contributed by atoms with Gasteiger partial charge in [0.1, 0.15) is 46.5 Å². The lowest BCUT2D eigenvalue weighted by Crippen LogP contribution is -2.26. The van der Waals surface area contributed by atoms with Crippen LogP contribution in [0.1, 0.15) is 39.9 Å². The predicted molar refractivity (Wildman–Crippen MR) is 247 cm³/mol. The van der Waals surface area contributed by atoms with Crippen LogP contribution in [0, 0.1) is 13.8 Å². The molecule has 0 radical (unpaired) electrons. The molecule has 0 bridgehead atoms. The van der Waals surface area contributed by atoms with Crippen molar-refractivity contribution < 1.29 is 36.0 Å². The fraction of sp³-hybridized carbons (Fsp3) is 0.341. The van der Waals surface area contributed by atoms with Crippen LogP contribution in [0.25, 0.3) is 33.4 Å². The molecule has 10 heterocycles. The minimum Gasteiger partial charge on any atom is -0.486 e. The van der Waals surface area contributed by atoms with Gasteiger partial charge in [0.15, 0.2) is 11.5 Å². The Bertz CT molecular complexity index is 2900. The smallest absolute Gasteiger partial charge is 0.244 e. The Morgan fingerprint density at radius 3 is 1.83 bits per heavy atom. The zero-order valence-electron chi connectivity index (χ0n) is 35.4. The van der Waals surface area contributed by atoms with Crippen molar-refractivity contribution in [1.82, 2.24) is 42.8 Å². The molecule has 0 atom stereocenters. The number of benzene rings is 1. The molecule has 3 aliphatic heterocycles. The van der Waals surface area contributed by atoms with Crippen molar-refractivity contribution in [2.24, 2.45) is 0 Å². The lowest BCUT2D eigenvalue weighted by Gasteiger charge is -2.24. The summed E-state index contributed by atoms with van der Waals surface area (Å²) >= 11 is 2.75. The molecule has 0 spiro atoms. The molecule has 2 saturated heterocycles. The molecule has 7 aromatic heterocycles. The fourth-order valence-electron chi connectivity index (χ4n) is 7.60. The van der Waals surface area contributed by atoms with Crippen LogP contribution in [0.3, 0.4) is 0 Å². The monoisotopic (exact) mass is 907 g/mol. The van der Waals surface area contributed by atoms with Gasteiger partial charge in [-0.15, -0.1) is 0 Å². The lowest BCUT2D eigenvalue weighted by molar-refractivity contribution is 0.0241. The normalized spacial score (nSPS) is 15.4. The molecule has 2 fully saturated rings. The van der Waals surface area contributed by atoms with Crippen molar-refractivity contribution in [3.05, 3.63) is 84.6 Å². The number of aromatic nitrogens is 9. The molecule has 334 valence electrons. The average Bonchev–Trinajstić information content (AvgIpc) is 4.15. The minimum absolute atomic E-state index is 0. The van der Waals surface area contributed by atoms with Gasteiger partial charge in [0.2, 0.25) is 29.5 Å². The van der Waals surface area contributed by atoms with Crippen molar-refractivity contribution in [2.45, 2.75) is 51.7 Å².